The number of hydrogen-bond acceptors (Lipinski definition) is 4. The van der Waals surface area contributed by atoms with Crippen molar-refractivity contribution in [2.75, 3.05) is 5.32 Å². The molecule has 18 heavy (non-hydrogen) atoms. The standard InChI is InChI=1S/C11H13N3O4/c1-7-2-3-8(6-12-7)13-11(18)14-9(15)4-5-10(16)17/h2-3,6H,4-5H2,1H3,(H,16,17)(H2,13,14,15,18). The van der Waals surface area contributed by atoms with E-state index in [4.69, 9.17) is 5.11 Å². The molecule has 3 amide bonds. The number of amides is 3. The lowest BCUT2D eigenvalue weighted by Crippen LogP contribution is -2.34. The lowest BCUT2D eigenvalue weighted by atomic mass is 10.3. The fourth-order valence-electron chi connectivity index (χ4n) is 1.11. The second-order valence-electron chi connectivity index (χ2n) is 3.58. The van der Waals surface area contributed by atoms with E-state index in [0.29, 0.717) is 5.69 Å². The van der Waals surface area contributed by atoms with Crippen LogP contribution in [0, 0.1) is 6.92 Å². The third kappa shape index (κ3) is 5.06. The first-order valence-corrected chi connectivity index (χ1v) is 5.22. The maximum Gasteiger partial charge on any atom is 0.325 e. The molecule has 0 aromatic carbocycles. The zero-order valence-electron chi connectivity index (χ0n) is 9.77. The van der Waals surface area contributed by atoms with Crippen molar-refractivity contribution in [2.45, 2.75) is 19.8 Å². The molecule has 0 radical (unpaired) electrons. The van der Waals surface area contributed by atoms with Gasteiger partial charge in [-0.25, -0.2) is 4.79 Å². The molecule has 0 saturated carbocycles. The minimum Gasteiger partial charge on any atom is -0.481 e. The van der Waals surface area contributed by atoms with Crippen molar-refractivity contribution in [1.29, 1.82) is 0 Å². The summed E-state index contributed by atoms with van der Waals surface area (Å²) >= 11 is 0. The van der Waals surface area contributed by atoms with Crippen LogP contribution in [0.3, 0.4) is 0 Å². The zero-order chi connectivity index (χ0) is 13.5. The summed E-state index contributed by atoms with van der Waals surface area (Å²) in [5.41, 5.74) is 1.25. The van der Waals surface area contributed by atoms with Gasteiger partial charge in [0.2, 0.25) is 5.91 Å². The van der Waals surface area contributed by atoms with Crippen molar-refractivity contribution < 1.29 is 19.5 Å². The summed E-state index contributed by atoms with van der Waals surface area (Å²) in [5.74, 6) is -1.73. The number of aryl methyl sites for hydroxylation is 1. The molecule has 1 rings (SSSR count). The van der Waals surface area contributed by atoms with Gasteiger partial charge in [0.25, 0.3) is 0 Å². The fraction of sp³-hybridized carbons (Fsp3) is 0.273. The van der Waals surface area contributed by atoms with E-state index in [1.54, 1.807) is 19.1 Å². The van der Waals surface area contributed by atoms with Gasteiger partial charge in [-0.2, -0.15) is 0 Å². The van der Waals surface area contributed by atoms with Crippen LogP contribution in [0.4, 0.5) is 10.5 Å². The smallest absolute Gasteiger partial charge is 0.325 e. The van der Waals surface area contributed by atoms with Gasteiger partial charge >= 0.3 is 12.0 Å². The van der Waals surface area contributed by atoms with Crippen molar-refractivity contribution in [3.63, 3.8) is 0 Å². The van der Waals surface area contributed by atoms with E-state index in [0.717, 1.165) is 5.69 Å². The van der Waals surface area contributed by atoms with E-state index in [2.05, 4.69) is 10.3 Å². The van der Waals surface area contributed by atoms with Crippen LogP contribution in [0.25, 0.3) is 0 Å². The second kappa shape index (κ2) is 6.33. The Kier molecular flexibility index (Phi) is 4.79. The molecule has 0 bridgehead atoms. The Labute approximate surface area is 103 Å². The lowest BCUT2D eigenvalue weighted by molar-refractivity contribution is -0.138. The zero-order valence-corrected chi connectivity index (χ0v) is 9.77. The maximum absolute atomic E-state index is 11.3. The van der Waals surface area contributed by atoms with Gasteiger partial charge in [0, 0.05) is 12.1 Å². The molecule has 7 nitrogen and oxygen atoms in total. The van der Waals surface area contributed by atoms with Gasteiger partial charge in [0.1, 0.15) is 0 Å². The number of pyridine rings is 1. The third-order valence-electron chi connectivity index (χ3n) is 1.99. The van der Waals surface area contributed by atoms with E-state index in [1.165, 1.54) is 6.20 Å². The summed E-state index contributed by atoms with van der Waals surface area (Å²) in [5, 5.41) is 12.8. The molecule has 96 valence electrons. The van der Waals surface area contributed by atoms with Gasteiger partial charge < -0.3 is 10.4 Å². The Morgan fingerprint density at radius 1 is 1.28 bits per heavy atom. The minimum atomic E-state index is -1.09. The summed E-state index contributed by atoms with van der Waals surface area (Å²) in [7, 11) is 0. The molecule has 0 unspecified atom stereocenters. The number of hydrogen-bond donors (Lipinski definition) is 3. The van der Waals surface area contributed by atoms with Gasteiger partial charge in [-0.3, -0.25) is 19.9 Å². The van der Waals surface area contributed by atoms with Crippen molar-refractivity contribution in [3.05, 3.63) is 24.0 Å². The number of aromatic nitrogens is 1. The average Bonchev–Trinajstić information content (AvgIpc) is 2.29. The quantitative estimate of drug-likeness (QED) is 0.736. The molecule has 1 heterocycles. The Morgan fingerprint density at radius 2 is 2.00 bits per heavy atom. The highest BCUT2D eigenvalue weighted by Gasteiger charge is 2.09. The molecule has 1 aromatic rings. The monoisotopic (exact) mass is 251 g/mol. The van der Waals surface area contributed by atoms with Crippen LogP contribution in [0.2, 0.25) is 0 Å². The van der Waals surface area contributed by atoms with Gasteiger partial charge in [-0.05, 0) is 19.1 Å². The Balaban J connectivity index is 2.39. The molecule has 0 aliphatic carbocycles. The van der Waals surface area contributed by atoms with Crippen molar-refractivity contribution in [3.8, 4) is 0 Å². The predicted molar refractivity (Wildman–Crippen MR) is 63.0 cm³/mol. The number of anilines is 1. The van der Waals surface area contributed by atoms with E-state index >= 15 is 0 Å². The first-order chi connectivity index (χ1) is 8.47. The highest BCUT2D eigenvalue weighted by atomic mass is 16.4. The van der Waals surface area contributed by atoms with Crippen LogP contribution in [0.5, 0.6) is 0 Å². The highest BCUT2D eigenvalue weighted by molar-refractivity contribution is 6.01. The first-order valence-electron chi connectivity index (χ1n) is 5.22. The number of carbonyl (C=O) groups excluding carboxylic acids is 2. The second-order valence-corrected chi connectivity index (χ2v) is 3.58. The number of aliphatic carboxylic acids is 1. The molecular weight excluding hydrogens is 238 g/mol. The van der Waals surface area contributed by atoms with Crippen molar-refractivity contribution >= 4 is 23.6 Å². The topological polar surface area (TPSA) is 108 Å². The number of rotatable bonds is 4. The number of nitrogens with zero attached hydrogens (tertiary/aromatic N) is 1. The summed E-state index contributed by atoms with van der Waals surface area (Å²) < 4.78 is 0. The molecule has 1 aromatic heterocycles. The number of carboxylic acid groups (broad SMARTS) is 1. The molecule has 0 fully saturated rings. The fourth-order valence-corrected chi connectivity index (χ4v) is 1.11. The number of urea groups is 1. The molecule has 0 atom stereocenters. The van der Waals surface area contributed by atoms with Crippen molar-refractivity contribution in [1.82, 2.24) is 10.3 Å². The number of nitrogens with one attached hydrogen (secondary N) is 2. The average molecular weight is 251 g/mol. The van der Waals surface area contributed by atoms with Crippen LogP contribution in [-0.4, -0.2) is 28.0 Å². The minimum absolute atomic E-state index is 0.241. The van der Waals surface area contributed by atoms with Gasteiger partial charge in [-0.1, -0.05) is 0 Å². The van der Waals surface area contributed by atoms with E-state index in [-0.39, 0.29) is 12.8 Å². The van der Waals surface area contributed by atoms with E-state index < -0.39 is 17.9 Å². The predicted octanol–water partition coefficient (Wildman–Crippen LogP) is 0.903. The Morgan fingerprint density at radius 3 is 2.56 bits per heavy atom. The molecular formula is C11H13N3O4. The van der Waals surface area contributed by atoms with Gasteiger partial charge in [-0.15, -0.1) is 0 Å². The molecule has 0 aliphatic heterocycles. The third-order valence-corrected chi connectivity index (χ3v) is 1.99. The van der Waals surface area contributed by atoms with Crippen molar-refractivity contribution in [2.24, 2.45) is 0 Å². The highest BCUT2D eigenvalue weighted by Crippen LogP contribution is 2.04. The normalized spacial score (nSPS) is 9.61. The maximum atomic E-state index is 11.3. The summed E-state index contributed by atoms with van der Waals surface area (Å²) in [6.45, 7) is 1.80. The summed E-state index contributed by atoms with van der Waals surface area (Å²) in [4.78, 5) is 36.7. The molecule has 0 saturated heterocycles. The summed E-state index contributed by atoms with van der Waals surface area (Å²) in [6, 6.07) is 2.64. The number of carbonyl (C=O) groups is 3. The Bertz CT molecular complexity index is 456. The van der Waals surface area contributed by atoms with E-state index in [9.17, 15) is 14.4 Å². The van der Waals surface area contributed by atoms with Crippen LogP contribution in [-0.2, 0) is 9.59 Å². The number of carboxylic acids is 1. The SMILES string of the molecule is Cc1ccc(NC(=O)NC(=O)CCC(=O)O)cn1. The molecule has 0 aliphatic rings. The summed E-state index contributed by atoms with van der Waals surface area (Å²) in [6.07, 6.45) is 0.900. The van der Waals surface area contributed by atoms with Gasteiger partial charge in [0.05, 0.1) is 18.3 Å². The largest absolute Gasteiger partial charge is 0.481 e. The molecule has 3 N–H and O–H groups in total. The molecule has 0 spiro atoms. The van der Waals surface area contributed by atoms with Crippen LogP contribution >= 0.6 is 0 Å². The lowest BCUT2D eigenvalue weighted by Gasteiger charge is -2.05. The van der Waals surface area contributed by atoms with E-state index in [1.807, 2.05) is 5.32 Å². The van der Waals surface area contributed by atoms with Gasteiger partial charge in [0.15, 0.2) is 0 Å². The first kappa shape index (κ1) is 13.6. The molecule has 7 heteroatoms. The van der Waals surface area contributed by atoms with Crippen LogP contribution < -0.4 is 10.6 Å². The number of imide groups is 1. The van der Waals surface area contributed by atoms with Crippen LogP contribution in [0.1, 0.15) is 18.5 Å². The Hall–Kier alpha value is -2.44. The van der Waals surface area contributed by atoms with Crippen LogP contribution in [0.15, 0.2) is 18.3 Å².